The summed E-state index contributed by atoms with van der Waals surface area (Å²) in [6.45, 7) is 1.14. The van der Waals surface area contributed by atoms with Gasteiger partial charge in [-0.1, -0.05) is 13.8 Å². The van der Waals surface area contributed by atoms with E-state index in [1.165, 1.54) is 0 Å². The van der Waals surface area contributed by atoms with Gasteiger partial charge in [-0.05, 0) is 5.92 Å². The van der Waals surface area contributed by atoms with Crippen LogP contribution in [0.25, 0.3) is 0 Å². The molecule has 160 valence electrons. The Hall–Kier alpha value is -0.440. The van der Waals surface area contributed by atoms with Crippen LogP contribution < -0.4 is 0 Å². The highest BCUT2D eigenvalue weighted by Crippen LogP contribution is 2.43. The fraction of sp³-hybridized carbons (Fsp3) is 1.00. The largest absolute Gasteiger partial charge is 0.394 e. The van der Waals surface area contributed by atoms with E-state index < -0.39 is 74.1 Å². The van der Waals surface area contributed by atoms with Gasteiger partial charge in [0.2, 0.25) is 11.6 Å². The number of ether oxygens (including phenoxy) is 3. The van der Waals surface area contributed by atoms with Gasteiger partial charge in [0, 0.05) is 6.42 Å². The summed E-state index contributed by atoms with van der Waals surface area (Å²) >= 11 is 0. The van der Waals surface area contributed by atoms with Crippen LogP contribution in [0.5, 0.6) is 0 Å². The zero-order chi connectivity index (χ0) is 20.6. The van der Waals surface area contributed by atoms with Gasteiger partial charge in [0.25, 0.3) is 0 Å². The number of aliphatic hydroxyl groups is 8. The van der Waals surface area contributed by atoms with Crippen LogP contribution in [0, 0.1) is 5.92 Å². The van der Waals surface area contributed by atoms with Crippen molar-refractivity contribution in [3.63, 3.8) is 0 Å². The van der Waals surface area contributed by atoms with Crippen LogP contribution in [0.15, 0.2) is 0 Å². The van der Waals surface area contributed by atoms with Gasteiger partial charge in [0.15, 0.2) is 0 Å². The number of hydrogen-bond donors (Lipinski definition) is 8. The number of hydrogen-bond acceptors (Lipinski definition) is 11. The van der Waals surface area contributed by atoms with Crippen molar-refractivity contribution < 1.29 is 55.1 Å². The van der Waals surface area contributed by atoms with Crippen molar-refractivity contribution in [2.45, 2.75) is 74.6 Å². The molecule has 2 heterocycles. The number of rotatable bonds is 7. The molecule has 0 aliphatic carbocycles. The third kappa shape index (κ3) is 4.00. The predicted octanol–water partition coefficient (Wildman–Crippen LogP) is -3.98. The first-order valence-corrected chi connectivity index (χ1v) is 8.86. The fourth-order valence-corrected chi connectivity index (χ4v) is 3.62. The van der Waals surface area contributed by atoms with E-state index in [1.807, 2.05) is 0 Å². The summed E-state index contributed by atoms with van der Waals surface area (Å²) in [7, 11) is 0. The molecule has 2 saturated heterocycles. The van der Waals surface area contributed by atoms with Crippen molar-refractivity contribution in [3.05, 3.63) is 0 Å². The van der Waals surface area contributed by atoms with E-state index in [4.69, 9.17) is 14.2 Å². The molecule has 2 rings (SSSR count). The standard InChI is InChI=1S/C16H30O11/c1-7(2)3-15(14(24)12(22)10(20)8(4-17)25-15)27-16(6-19)13(23)11(21)9(5-18)26-16/h7-14,17-24H,3-6H2,1-2H3/t8-,9-,10-,11-,12+,13+,14-,15+,16?/m1/s1. The molecule has 0 amide bonds. The average molecular weight is 398 g/mol. The summed E-state index contributed by atoms with van der Waals surface area (Å²) in [5, 5.41) is 79.7. The highest BCUT2D eigenvalue weighted by Gasteiger charge is 2.63. The molecule has 8 N–H and O–H groups in total. The van der Waals surface area contributed by atoms with E-state index in [9.17, 15) is 40.9 Å². The van der Waals surface area contributed by atoms with Crippen LogP contribution in [0.1, 0.15) is 20.3 Å². The Morgan fingerprint density at radius 1 is 0.778 bits per heavy atom. The lowest BCUT2D eigenvalue weighted by Crippen LogP contribution is -2.69. The molecule has 2 fully saturated rings. The summed E-state index contributed by atoms with van der Waals surface area (Å²) < 4.78 is 16.6. The molecule has 2 aliphatic heterocycles. The SMILES string of the molecule is CC(C)C[C@@]1(OC2(CO)O[C@H](CO)[C@@H](O)[C@@H]2O)O[C@H](CO)[C@@H](O)[C@H](O)[C@H]1O. The maximum Gasteiger partial charge on any atom is 0.224 e. The topological polar surface area (TPSA) is 190 Å². The van der Waals surface area contributed by atoms with Crippen molar-refractivity contribution in [1.29, 1.82) is 0 Å². The summed E-state index contributed by atoms with van der Waals surface area (Å²) in [4.78, 5) is 0. The molecule has 2 aliphatic rings. The Labute approximate surface area is 156 Å². The van der Waals surface area contributed by atoms with Gasteiger partial charge < -0.3 is 55.1 Å². The molecule has 1 unspecified atom stereocenters. The van der Waals surface area contributed by atoms with Crippen LogP contribution >= 0.6 is 0 Å². The molecule has 0 spiro atoms. The summed E-state index contributed by atoms with van der Waals surface area (Å²) in [6, 6.07) is 0. The molecule has 0 saturated carbocycles. The Balaban J connectivity index is 2.43. The van der Waals surface area contributed by atoms with Crippen molar-refractivity contribution in [2.24, 2.45) is 5.92 Å². The summed E-state index contributed by atoms with van der Waals surface area (Å²) in [5.74, 6) is -4.56. The second-order valence-electron chi connectivity index (χ2n) is 7.52. The van der Waals surface area contributed by atoms with Gasteiger partial charge in [0.05, 0.1) is 13.2 Å². The predicted molar refractivity (Wildman–Crippen MR) is 87.0 cm³/mol. The third-order valence-corrected chi connectivity index (χ3v) is 4.98. The quantitative estimate of drug-likeness (QED) is 0.209. The molecule has 0 bridgehead atoms. The second kappa shape index (κ2) is 8.51. The van der Waals surface area contributed by atoms with Gasteiger partial charge in [-0.3, -0.25) is 0 Å². The zero-order valence-electron chi connectivity index (χ0n) is 15.2. The van der Waals surface area contributed by atoms with Crippen molar-refractivity contribution in [1.82, 2.24) is 0 Å². The lowest BCUT2D eigenvalue weighted by atomic mass is 9.87. The first kappa shape index (κ1) is 22.8. The third-order valence-electron chi connectivity index (χ3n) is 4.98. The van der Waals surface area contributed by atoms with E-state index >= 15 is 0 Å². The smallest absolute Gasteiger partial charge is 0.224 e. The van der Waals surface area contributed by atoms with Gasteiger partial charge in [-0.15, -0.1) is 0 Å². The first-order valence-electron chi connectivity index (χ1n) is 8.86. The molecular weight excluding hydrogens is 368 g/mol. The van der Waals surface area contributed by atoms with Crippen LogP contribution in [0.3, 0.4) is 0 Å². The van der Waals surface area contributed by atoms with E-state index in [1.54, 1.807) is 13.8 Å². The monoisotopic (exact) mass is 398 g/mol. The minimum atomic E-state index is -2.27. The van der Waals surface area contributed by atoms with Gasteiger partial charge in [-0.2, -0.15) is 0 Å². The lowest BCUT2D eigenvalue weighted by Gasteiger charge is -2.51. The van der Waals surface area contributed by atoms with E-state index in [2.05, 4.69) is 0 Å². The molecule has 27 heavy (non-hydrogen) atoms. The Morgan fingerprint density at radius 3 is 1.70 bits per heavy atom. The van der Waals surface area contributed by atoms with E-state index in [0.717, 1.165) is 0 Å². The lowest BCUT2D eigenvalue weighted by molar-refractivity contribution is -0.437. The Morgan fingerprint density at radius 2 is 1.26 bits per heavy atom. The maximum absolute atomic E-state index is 10.6. The first-order chi connectivity index (χ1) is 12.6. The van der Waals surface area contributed by atoms with Crippen LogP contribution in [-0.4, -0.2) is 115 Å². The van der Waals surface area contributed by atoms with Crippen LogP contribution in [0.2, 0.25) is 0 Å². The molecule has 0 aromatic carbocycles. The Bertz CT molecular complexity index is 489. The van der Waals surface area contributed by atoms with Gasteiger partial charge in [-0.25, -0.2) is 0 Å². The van der Waals surface area contributed by atoms with Gasteiger partial charge >= 0.3 is 0 Å². The summed E-state index contributed by atoms with van der Waals surface area (Å²) in [5.41, 5.74) is 0. The van der Waals surface area contributed by atoms with E-state index in [-0.39, 0.29) is 12.3 Å². The maximum atomic E-state index is 10.6. The van der Waals surface area contributed by atoms with Crippen LogP contribution in [-0.2, 0) is 14.2 Å². The molecule has 0 aromatic heterocycles. The molecule has 0 aromatic rings. The molecule has 9 atom stereocenters. The molecule has 11 nitrogen and oxygen atoms in total. The molecule has 11 heteroatoms. The zero-order valence-corrected chi connectivity index (χ0v) is 15.2. The minimum Gasteiger partial charge on any atom is -0.394 e. The average Bonchev–Trinajstić information content (AvgIpc) is 2.87. The van der Waals surface area contributed by atoms with Crippen molar-refractivity contribution in [3.8, 4) is 0 Å². The Kier molecular flexibility index (Phi) is 7.20. The van der Waals surface area contributed by atoms with Crippen molar-refractivity contribution in [2.75, 3.05) is 19.8 Å². The number of aliphatic hydroxyl groups excluding tert-OH is 8. The minimum absolute atomic E-state index is 0.0772. The van der Waals surface area contributed by atoms with Gasteiger partial charge in [0.1, 0.15) is 49.3 Å². The fourth-order valence-electron chi connectivity index (χ4n) is 3.62. The van der Waals surface area contributed by atoms with Crippen molar-refractivity contribution >= 4 is 0 Å². The van der Waals surface area contributed by atoms with E-state index in [0.29, 0.717) is 0 Å². The highest BCUT2D eigenvalue weighted by atomic mass is 16.8. The highest BCUT2D eigenvalue weighted by molar-refractivity contribution is 5.02. The molecule has 0 radical (unpaired) electrons. The molecular formula is C16H30O11. The normalized spacial score (nSPS) is 48.3. The second-order valence-corrected chi connectivity index (χ2v) is 7.52. The van der Waals surface area contributed by atoms with Crippen LogP contribution in [0.4, 0.5) is 0 Å². The summed E-state index contributed by atoms with van der Waals surface area (Å²) in [6.07, 6.45) is -11.3.